The molecule has 0 unspecified atom stereocenters. The van der Waals surface area contributed by atoms with E-state index in [1.807, 2.05) is 6.07 Å². The second kappa shape index (κ2) is 5.78. The number of hydrogen-bond acceptors (Lipinski definition) is 4. The normalized spacial score (nSPS) is 9.62. The van der Waals surface area contributed by atoms with Crippen LogP contribution in [0.5, 0.6) is 0 Å². The van der Waals surface area contributed by atoms with E-state index in [0.29, 0.717) is 10.5 Å². The van der Waals surface area contributed by atoms with E-state index in [4.69, 9.17) is 21.6 Å². The van der Waals surface area contributed by atoms with Crippen molar-refractivity contribution in [2.45, 2.75) is 17.7 Å². The molecule has 0 radical (unpaired) electrons. The van der Waals surface area contributed by atoms with Crippen LogP contribution in [0.15, 0.2) is 17.0 Å². The number of alkyl halides is 1. The first kappa shape index (κ1) is 12.9. The van der Waals surface area contributed by atoms with Crippen molar-refractivity contribution < 1.29 is 9.53 Å². The van der Waals surface area contributed by atoms with Gasteiger partial charge in [0.05, 0.1) is 17.7 Å². The highest BCUT2D eigenvalue weighted by molar-refractivity contribution is 7.80. The number of thiol groups is 1. The molecule has 0 N–H and O–H groups in total. The van der Waals surface area contributed by atoms with E-state index in [0.717, 1.165) is 0 Å². The van der Waals surface area contributed by atoms with Crippen LogP contribution in [0.25, 0.3) is 0 Å². The summed E-state index contributed by atoms with van der Waals surface area (Å²) in [7, 11) is 0. The largest absolute Gasteiger partial charge is 0.462 e. The molecular formula is C11H10ClNO2S. The molecule has 0 aliphatic carbocycles. The lowest BCUT2D eigenvalue weighted by Gasteiger charge is -2.07. The summed E-state index contributed by atoms with van der Waals surface area (Å²) in [4.78, 5) is 12.2. The summed E-state index contributed by atoms with van der Waals surface area (Å²) in [6.45, 7) is 1.97. The molecule has 0 fully saturated rings. The Balaban J connectivity index is 3.26. The number of esters is 1. The van der Waals surface area contributed by atoms with Gasteiger partial charge in [-0.25, -0.2) is 4.79 Å². The minimum absolute atomic E-state index is 0.233. The van der Waals surface area contributed by atoms with E-state index in [1.165, 1.54) is 6.07 Å². The van der Waals surface area contributed by atoms with E-state index < -0.39 is 5.97 Å². The quantitative estimate of drug-likeness (QED) is 0.513. The first-order valence-electron chi connectivity index (χ1n) is 4.63. The Bertz CT molecular complexity index is 454. The van der Waals surface area contributed by atoms with Gasteiger partial charge in [0.25, 0.3) is 0 Å². The molecule has 0 saturated carbocycles. The van der Waals surface area contributed by atoms with Gasteiger partial charge in [-0.1, -0.05) is 0 Å². The number of hydrogen-bond donors (Lipinski definition) is 1. The molecule has 0 atom stereocenters. The fraction of sp³-hybridized carbons (Fsp3) is 0.273. The van der Waals surface area contributed by atoms with Crippen LogP contribution >= 0.6 is 24.2 Å². The Morgan fingerprint density at radius 2 is 2.31 bits per heavy atom. The van der Waals surface area contributed by atoms with E-state index in [2.05, 4.69) is 12.6 Å². The summed E-state index contributed by atoms with van der Waals surface area (Å²) in [5.41, 5.74) is 1.18. The molecule has 0 saturated heterocycles. The van der Waals surface area contributed by atoms with Crippen molar-refractivity contribution in [2.24, 2.45) is 0 Å². The lowest BCUT2D eigenvalue weighted by Crippen LogP contribution is -2.08. The molecule has 0 heterocycles. The number of carbonyl (C=O) groups excluding carboxylic acids is 1. The van der Waals surface area contributed by atoms with Crippen LogP contribution in [0.1, 0.15) is 28.4 Å². The number of benzene rings is 1. The third-order valence-electron chi connectivity index (χ3n) is 1.98. The van der Waals surface area contributed by atoms with E-state index in [-0.39, 0.29) is 23.6 Å². The average Bonchev–Trinajstić information content (AvgIpc) is 2.28. The number of nitriles is 1. The highest BCUT2D eigenvalue weighted by atomic mass is 35.5. The predicted molar refractivity (Wildman–Crippen MR) is 63.9 cm³/mol. The monoisotopic (exact) mass is 255 g/mol. The molecule has 1 rings (SSSR count). The van der Waals surface area contributed by atoms with Gasteiger partial charge in [0, 0.05) is 10.8 Å². The van der Waals surface area contributed by atoms with Gasteiger partial charge in [-0.15, -0.1) is 24.2 Å². The molecule has 3 nitrogen and oxygen atoms in total. The van der Waals surface area contributed by atoms with E-state index >= 15 is 0 Å². The fourth-order valence-electron chi connectivity index (χ4n) is 1.21. The summed E-state index contributed by atoms with van der Waals surface area (Å²) in [6.07, 6.45) is 0. The topological polar surface area (TPSA) is 50.1 Å². The molecule has 0 aromatic heterocycles. The molecule has 0 aliphatic heterocycles. The summed E-state index contributed by atoms with van der Waals surface area (Å²) in [5, 5.41) is 8.90. The molecular weight excluding hydrogens is 246 g/mol. The Labute approximate surface area is 104 Å². The number of carbonyl (C=O) groups is 1. The lowest BCUT2D eigenvalue weighted by atomic mass is 10.1. The molecule has 5 heteroatoms. The first-order chi connectivity index (χ1) is 7.63. The molecule has 0 bridgehead atoms. The number of halogens is 1. The van der Waals surface area contributed by atoms with Crippen molar-refractivity contribution in [1.29, 1.82) is 5.26 Å². The summed E-state index contributed by atoms with van der Waals surface area (Å²) in [5.74, 6) is -0.282. The van der Waals surface area contributed by atoms with Gasteiger partial charge in [0.15, 0.2) is 0 Å². The van der Waals surface area contributed by atoms with Crippen molar-refractivity contribution in [3.05, 3.63) is 28.8 Å². The molecule has 0 spiro atoms. The van der Waals surface area contributed by atoms with Crippen molar-refractivity contribution in [2.75, 3.05) is 6.61 Å². The van der Waals surface area contributed by atoms with Gasteiger partial charge < -0.3 is 4.74 Å². The Kier molecular flexibility index (Phi) is 4.66. The smallest absolute Gasteiger partial charge is 0.339 e. The van der Waals surface area contributed by atoms with Crippen molar-refractivity contribution in [1.82, 2.24) is 0 Å². The van der Waals surface area contributed by atoms with Crippen LogP contribution in [0.4, 0.5) is 0 Å². The average molecular weight is 256 g/mol. The van der Waals surface area contributed by atoms with Gasteiger partial charge in [0.2, 0.25) is 0 Å². The predicted octanol–water partition coefficient (Wildman–Crippen LogP) is 2.76. The van der Waals surface area contributed by atoms with Crippen LogP contribution in [0.3, 0.4) is 0 Å². The Hall–Kier alpha value is -1.18. The SMILES string of the molecule is CCOC(=O)c1cc(CCl)c(S)cc1C#N. The third-order valence-corrected chi connectivity index (χ3v) is 2.68. The zero-order valence-electron chi connectivity index (χ0n) is 8.66. The number of ether oxygens (including phenoxy) is 1. The zero-order valence-corrected chi connectivity index (χ0v) is 10.3. The fourth-order valence-corrected chi connectivity index (χ4v) is 1.80. The van der Waals surface area contributed by atoms with Crippen LogP contribution in [0.2, 0.25) is 0 Å². The molecule has 1 aromatic rings. The second-order valence-electron chi connectivity index (χ2n) is 2.99. The van der Waals surface area contributed by atoms with Gasteiger partial charge in [-0.05, 0) is 24.6 Å². The first-order valence-corrected chi connectivity index (χ1v) is 5.61. The van der Waals surface area contributed by atoms with Crippen molar-refractivity contribution in [3.63, 3.8) is 0 Å². The van der Waals surface area contributed by atoms with Gasteiger partial charge in [0.1, 0.15) is 6.07 Å². The minimum Gasteiger partial charge on any atom is -0.462 e. The third kappa shape index (κ3) is 2.69. The van der Waals surface area contributed by atoms with Gasteiger partial charge >= 0.3 is 5.97 Å². The molecule has 0 amide bonds. The summed E-state index contributed by atoms with van der Waals surface area (Å²) >= 11 is 9.88. The van der Waals surface area contributed by atoms with Crippen molar-refractivity contribution >= 4 is 30.2 Å². The highest BCUT2D eigenvalue weighted by Gasteiger charge is 2.15. The van der Waals surface area contributed by atoms with Gasteiger partial charge in [-0.2, -0.15) is 5.26 Å². The Morgan fingerprint density at radius 1 is 1.62 bits per heavy atom. The number of rotatable bonds is 3. The summed E-state index contributed by atoms with van der Waals surface area (Å²) < 4.78 is 4.85. The zero-order chi connectivity index (χ0) is 12.1. The molecule has 16 heavy (non-hydrogen) atoms. The maximum absolute atomic E-state index is 11.6. The van der Waals surface area contributed by atoms with Crippen LogP contribution in [-0.2, 0) is 10.6 Å². The van der Waals surface area contributed by atoms with Crippen molar-refractivity contribution in [3.8, 4) is 6.07 Å². The van der Waals surface area contributed by atoms with E-state index in [9.17, 15) is 4.79 Å². The van der Waals surface area contributed by atoms with Gasteiger partial charge in [-0.3, -0.25) is 0 Å². The maximum atomic E-state index is 11.6. The van der Waals surface area contributed by atoms with Crippen LogP contribution in [0, 0.1) is 11.3 Å². The Morgan fingerprint density at radius 3 is 2.81 bits per heavy atom. The minimum atomic E-state index is -0.515. The molecule has 0 aliphatic rings. The standard InChI is InChI=1S/C11H10ClNO2S/c1-2-15-11(14)9-3-7(5-12)10(16)4-8(9)6-13/h3-4,16H,2,5H2,1H3. The van der Waals surface area contributed by atoms with E-state index in [1.54, 1.807) is 13.0 Å². The number of nitrogens with zero attached hydrogens (tertiary/aromatic N) is 1. The summed E-state index contributed by atoms with van der Waals surface area (Å²) in [6, 6.07) is 5.00. The second-order valence-corrected chi connectivity index (χ2v) is 3.74. The van der Waals surface area contributed by atoms with Crippen LogP contribution in [-0.4, -0.2) is 12.6 Å². The molecule has 84 valence electrons. The lowest BCUT2D eigenvalue weighted by molar-refractivity contribution is 0.0526. The molecule has 1 aromatic carbocycles. The van der Waals surface area contributed by atoms with Crippen LogP contribution < -0.4 is 0 Å². The maximum Gasteiger partial charge on any atom is 0.339 e. The highest BCUT2D eigenvalue weighted by Crippen LogP contribution is 2.22.